The highest BCUT2D eigenvalue weighted by Gasteiger charge is 2.15. The molecule has 3 heterocycles. The van der Waals surface area contributed by atoms with Gasteiger partial charge in [0.2, 0.25) is 11.0 Å². The van der Waals surface area contributed by atoms with Crippen molar-refractivity contribution in [2.45, 2.75) is 23.9 Å². The molecule has 1 N–H and O–H groups in total. The van der Waals surface area contributed by atoms with Crippen LogP contribution in [0, 0.1) is 13.8 Å². The Bertz CT molecular complexity index is 749. The third-order valence-electron chi connectivity index (χ3n) is 2.68. The number of anilines is 1. The molecule has 0 amide bonds. The van der Waals surface area contributed by atoms with Crippen LogP contribution in [0.5, 0.6) is 0 Å². The number of hydrogen-bond acceptors (Lipinski definition) is 9. The van der Waals surface area contributed by atoms with E-state index in [1.165, 1.54) is 23.1 Å². The van der Waals surface area contributed by atoms with Gasteiger partial charge < -0.3 is 14.2 Å². The van der Waals surface area contributed by atoms with Gasteiger partial charge in [-0.15, -0.1) is 20.4 Å². The fourth-order valence-corrected chi connectivity index (χ4v) is 3.30. The lowest BCUT2D eigenvalue weighted by atomic mass is 10.2. The van der Waals surface area contributed by atoms with Gasteiger partial charge in [-0.3, -0.25) is 0 Å². The number of furan rings is 1. The average Bonchev–Trinajstić information content (AvgIpc) is 3.16. The average molecular weight is 323 g/mol. The van der Waals surface area contributed by atoms with Gasteiger partial charge in [-0.2, -0.15) is 0 Å². The van der Waals surface area contributed by atoms with E-state index >= 15 is 0 Å². The zero-order valence-electron chi connectivity index (χ0n) is 11.7. The normalized spacial score (nSPS) is 11.0. The molecule has 0 aliphatic heterocycles. The summed E-state index contributed by atoms with van der Waals surface area (Å²) in [6.45, 7) is 3.76. The van der Waals surface area contributed by atoms with Gasteiger partial charge >= 0.3 is 0 Å². The van der Waals surface area contributed by atoms with Crippen LogP contribution in [0.25, 0.3) is 11.5 Å². The first-order valence-electron chi connectivity index (χ1n) is 6.19. The Morgan fingerprint density at radius 1 is 1.19 bits per heavy atom. The lowest BCUT2D eigenvalue weighted by Gasteiger charge is -1.91. The van der Waals surface area contributed by atoms with Crippen molar-refractivity contribution in [3.8, 4) is 11.5 Å². The van der Waals surface area contributed by atoms with E-state index in [9.17, 15) is 0 Å². The number of nitrogens with one attached hydrogen (secondary N) is 1. The summed E-state index contributed by atoms with van der Waals surface area (Å²) in [5, 5.41) is 19.9. The van der Waals surface area contributed by atoms with E-state index in [4.69, 9.17) is 8.83 Å². The molecule has 9 heteroatoms. The molecule has 7 nitrogen and oxygen atoms in total. The number of rotatable bonds is 5. The minimum Gasteiger partial charge on any atom is -0.466 e. The summed E-state index contributed by atoms with van der Waals surface area (Å²) in [5.74, 6) is 3.19. The standard InChI is InChI=1S/C12H13N5O2S2/c1-6-4-8(7(2)18-6)10-15-14-9(19-10)5-20-12-17-16-11(13-3)21-12/h4H,5H2,1-3H3,(H,13,16). The van der Waals surface area contributed by atoms with Crippen molar-refractivity contribution in [3.05, 3.63) is 23.5 Å². The van der Waals surface area contributed by atoms with E-state index in [1.54, 1.807) is 0 Å². The molecular formula is C12H13N5O2S2. The van der Waals surface area contributed by atoms with E-state index < -0.39 is 0 Å². The summed E-state index contributed by atoms with van der Waals surface area (Å²) in [6, 6.07) is 1.89. The van der Waals surface area contributed by atoms with Crippen LogP contribution in [0.1, 0.15) is 17.4 Å². The van der Waals surface area contributed by atoms with E-state index in [0.717, 1.165) is 26.6 Å². The first-order chi connectivity index (χ1) is 10.2. The fourth-order valence-electron chi connectivity index (χ4n) is 1.76. The third kappa shape index (κ3) is 3.08. The molecule has 0 saturated heterocycles. The van der Waals surface area contributed by atoms with Crippen LogP contribution < -0.4 is 5.32 Å². The number of hydrogen-bond donors (Lipinski definition) is 1. The minimum atomic E-state index is 0.480. The third-order valence-corrected chi connectivity index (χ3v) is 4.74. The Balaban J connectivity index is 1.69. The van der Waals surface area contributed by atoms with Gasteiger partial charge in [-0.25, -0.2) is 0 Å². The quantitative estimate of drug-likeness (QED) is 0.716. The smallest absolute Gasteiger partial charge is 0.251 e. The number of thioether (sulfide) groups is 1. The Morgan fingerprint density at radius 3 is 2.71 bits per heavy atom. The fraction of sp³-hybridized carbons (Fsp3) is 0.333. The molecule has 0 fully saturated rings. The number of nitrogens with zero attached hydrogens (tertiary/aromatic N) is 4. The van der Waals surface area contributed by atoms with Crippen LogP contribution in [-0.4, -0.2) is 27.4 Å². The summed E-state index contributed by atoms with van der Waals surface area (Å²) in [6.07, 6.45) is 0. The number of aryl methyl sites for hydroxylation is 2. The van der Waals surface area contributed by atoms with Crippen molar-refractivity contribution in [1.82, 2.24) is 20.4 Å². The second-order valence-corrected chi connectivity index (χ2v) is 6.44. The summed E-state index contributed by atoms with van der Waals surface area (Å²) < 4.78 is 12.0. The molecule has 0 aliphatic carbocycles. The maximum atomic E-state index is 5.66. The molecule has 0 bridgehead atoms. The van der Waals surface area contributed by atoms with Crippen molar-refractivity contribution in [2.24, 2.45) is 0 Å². The highest BCUT2D eigenvalue weighted by atomic mass is 32.2. The molecule has 0 saturated carbocycles. The molecule has 0 unspecified atom stereocenters. The Kier molecular flexibility index (Phi) is 3.93. The maximum absolute atomic E-state index is 5.66. The lowest BCUT2D eigenvalue weighted by Crippen LogP contribution is -1.84. The molecule has 0 atom stereocenters. The lowest BCUT2D eigenvalue weighted by molar-refractivity contribution is 0.499. The van der Waals surface area contributed by atoms with Crippen LogP contribution >= 0.6 is 23.1 Å². The molecule has 21 heavy (non-hydrogen) atoms. The molecule has 110 valence electrons. The summed E-state index contributed by atoms with van der Waals surface area (Å²) in [5.41, 5.74) is 0.838. The van der Waals surface area contributed by atoms with Gasteiger partial charge in [0.1, 0.15) is 11.5 Å². The van der Waals surface area contributed by atoms with Gasteiger partial charge in [0, 0.05) is 7.05 Å². The van der Waals surface area contributed by atoms with Gasteiger partial charge in [-0.1, -0.05) is 23.1 Å². The minimum absolute atomic E-state index is 0.480. The summed E-state index contributed by atoms with van der Waals surface area (Å²) in [4.78, 5) is 0. The topological polar surface area (TPSA) is 89.9 Å². The molecule has 3 aromatic rings. The van der Waals surface area contributed by atoms with Crippen LogP contribution in [0.4, 0.5) is 5.13 Å². The largest absolute Gasteiger partial charge is 0.466 e. The van der Waals surface area contributed by atoms with Gasteiger partial charge in [0.05, 0.1) is 11.3 Å². The zero-order valence-corrected chi connectivity index (χ0v) is 13.3. The van der Waals surface area contributed by atoms with E-state index in [2.05, 4.69) is 25.7 Å². The molecule has 0 aromatic carbocycles. The van der Waals surface area contributed by atoms with Crippen molar-refractivity contribution >= 4 is 28.2 Å². The van der Waals surface area contributed by atoms with Gasteiger partial charge in [-0.05, 0) is 19.9 Å². The summed E-state index contributed by atoms with van der Waals surface area (Å²) >= 11 is 3.00. The highest BCUT2D eigenvalue weighted by molar-refractivity contribution is 8.00. The molecule has 3 aromatic heterocycles. The van der Waals surface area contributed by atoms with Crippen LogP contribution in [0.2, 0.25) is 0 Å². The van der Waals surface area contributed by atoms with Crippen molar-refractivity contribution < 1.29 is 8.83 Å². The zero-order chi connectivity index (χ0) is 14.8. The van der Waals surface area contributed by atoms with E-state index in [0.29, 0.717) is 17.5 Å². The second-order valence-electron chi connectivity index (χ2n) is 4.24. The SMILES string of the molecule is CNc1nnc(SCc2nnc(-c3cc(C)oc3C)o2)s1. The molecule has 0 radical (unpaired) electrons. The Labute approximate surface area is 129 Å². The predicted octanol–water partition coefficient (Wildman–Crippen LogP) is 3.13. The van der Waals surface area contributed by atoms with Crippen molar-refractivity contribution in [2.75, 3.05) is 12.4 Å². The van der Waals surface area contributed by atoms with Crippen molar-refractivity contribution in [3.63, 3.8) is 0 Å². The first-order valence-corrected chi connectivity index (χ1v) is 7.99. The van der Waals surface area contributed by atoms with Gasteiger partial charge in [0.15, 0.2) is 4.34 Å². The van der Waals surface area contributed by atoms with Crippen LogP contribution in [0.15, 0.2) is 19.2 Å². The summed E-state index contributed by atoms with van der Waals surface area (Å²) in [7, 11) is 1.81. The maximum Gasteiger partial charge on any atom is 0.251 e. The van der Waals surface area contributed by atoms with E-state index in [1.807, 2.05) is 27.0 Å². The number of aromatic nitrogens is 4. The molecule has 0 aliphatic rings. The molecule has 3 rings (SSSR count). The molecular weight excluding hydrogens is 310 g/mol. The highest BCUT2D eigenvalue weighted by Crippen LogP contribution is 2.30. The molecule has 0 spiro atoms. The first kappa shape index (κ1) is 14.1. The van der Waals surface area contributed by atoms with E-state index in [-0.39, 0.29) is 0 Å². The second kappa shape index (κ2) is 5.86. The van der Waals surface area contributed by atoms with Crippen LogP contribution in [-0.2, 0) is 5.75 Å². The monoisotopic (exact) mass is 323 g/mol. The van der Waals surface area contributed by atoms with Crippen LogP contribution in [0.3, 0.4) is 0 Å². The predicted molar refractivity (Wildman–Crippen MR) is 80.5 cm³/mol. The van der Waals surface area contributed by atoms with Crippen molar-refractivity contribution in [1.29, 1.82) is 0 Å². The Morgan fingerprint density at radius 2 is 2.05 bits per heavy atom. The van der Waals surface area contributed by atoms with Gasteiger partial charge in [0.25, 0.3) is 5.89 Å². The Hall–Kier alpha value is -1.87.